The zero-order valence-electron chi connectivity index (χ0n) is 16.8. The van der Waals surface area contributed by atoms with E-state index in [0.717, 1.165) is 5.69 Å². The third-order valence-electron chi connectivity index (χ3n) is 4.74. The Hall–Kier alpha value is -4.14. The van der Waals surface area contributed by atoms with Crippen LogP contribution in [0, 0.1) is 0 Å². The lowest BCUT2D eigenvalue weighted by Crippen LogP contribution is -2.36. The van der Waals surface area contributed by atoms with Crippen LogP contribution in [-0.4, -0.2) is 28.4 Å². The minimum atomic E-state index is -0.961. The first-order valence-corrected chi connectivity index (χ1v) is 9.83. The molecule has 0 spiro atoms. The van der Waals surface area contributed by atoms with E-state index in [9.17, 15) is 14.4 Å². The summed E-state index contributed by atoms with van der Waals surface area (Å²) in [6.07, 6.45) is -0.147. The maximum atomic E-state index is 12.9. The van der Waals surface area contributed by atoms with Crippen molar-refractivity contribution in [3.05, 3.63) is 70.5 Å². The Bertz CT molecular complexity index is 1160. The van der Waals surface area contributed by atoms with Crippen LogP contribution in [0.4, 0.5) is 23.1 Å². The highest BCUT2D eigenvalue weighted by Gasteiger charge is 2.34. The van der Waals surface area contributed by atoms with Crippen LogP contribution >= 0.6 is 0 Å². The lowest BCUT2D eigenvalue weighted by molar-refractivity contribution is -0.123. The van der Waals surface area contributed by atoms with Crippen molar-refractivity contribution >= 4 is 35.0 Å². The molecule has 2 aromatic carbocycles. The van der Waals surface area contributed by atoms with Crippen molar-refractivity contribution in [1.29, 1.82) is 0 Å². The summed E-state index contributed by atoms with van der Waals surface area (Å²) in [6, 6.07) is 16.0. The summed E-state index contributed by atoms with van der Waals surface area (Å²) in [5.41, 5.74) is 0.891. The van der Waals surface area contributed by atoms with Crippen molar-refractivity contribution in [3.63, 3.8) is 0 Å². The summed E-state index contributed by atoms with van der Waals surface area (Å²) in [5.74, 6) is -0.883. The van der Waals surface area contributed by atoms with Crippen LogP contribution in [-0.2, 0) is 9.59 Å². The van der Waals surface area contributed by atoms with E-state index >= 15 is 0 Å². The Morgan fingerprint density at radius 2 is 1.84 bits per heavy atom. The minimum Gasteiger partial charge on any atom is -0.494 e. The highest BCUT2D eigenvalue weighted by molar-refractivity contribution is 6.04. The first-order valence-electron chi connectivity index (χ1n) is 9.83. The Balaban J connectivity index is 1.58. The molecule has 3 aromatic rings. The van der Waals surface area contributed by atoms with Gasteiger partial charge in [0.1, 0.15) is 11.6 Å². The normalized spacial score (nSPS) is 14.9. The number of rotatable bonds is 6. The lowest BCUT2D eigenvalue weighted by atomic mass is 9.92. The number of hydrogen-bond donors (Lipinski definition) is 4. The molecule has 4 N–H and O–H groups in total. The summed E-state index contributed by atoms with van der Waals surface area (Å²) >= 11 is 0. The molecule has 1 aliphatic heterocycles. The number of aromatic amines is 1. The molecule has 0 fully saturated rings. The molecule has 0 saturated carbocycles. The van der Waals surface area contributed by atoms with Crippen LogP contribution < -0.4 is 26.2 Å². The van der Waals surface area contributed by atoms with E-state index in [4.69, 9.17) is 4.74 Å². The minimum absolute atomic E-state index is 0.0743. The molecule has 9 nitrogen and oxygen atoms in total. The summed E-state index contributed by atoms with van der Waals surface area (Å²) in [5, 5.41) is 8.32. The Kier molecular flexibility index (Phi) is 5.65. The van der Waals surface area contributed by atoms with Gasteiger partial charge in [0.25, 0.3) is 5.56 Å². The van der Waals surface area contributed by atoms with Gasteiger partial charge in [0.2, 0.25) is 17.8 Å². The molecule has 2 heterocycles. The van der Waals surface area contributed by atoms with E-state index in [1.54, 1.807) is 24.3 Å². The molecule has 4 rings (SSSR count). The number of H-pyrrole nitrogens is 1. The van der Waals surface area contributed by atoms with E-state index in [2.05, 4.69) is 25.9 Å². The fourth-order valence-corrected chi connectivity index (χ4v) is 3.34. The van der Waals surface area contributed by atoms with E-state index in [0.29, 0.717) is 18.0 Å². The fourth-order valence-electron chi connectivity index (χ4n) is 3.34. The van der Waals surface area contributed by atoms with E-state index in [1.165, 1.54) is 0 Å². The van der Waals surface area contributed by atoms with Crippen molar-refractivity contribution in [1.82, 2.24) is 9.97 Å². The molecule has 0 saturated heterocycles. The number of aromatic nitrogens is 2. The highest BCUT2D eigenvalue weighted by Crippen LogP contribution is 2.30. The van der Waals surface area contributed by atoms with Crippen LogP contribution in [0.15, 0.2) is 59.4 Å². The molecule has 1 atom stereocenters. The van der Waals surface area contributed by atoms with Crippen molar-refractivity contribution in [2.75, 3.05) is 22.6 Å². The molecule has 1 aliphatic rings. The van der Waals surface area contributed by atoms with Gasteiger partial charge < -0.3 is 20.7 Å². The van der Waals surface area contributed by atoms with Gasteiger partial charge in [-0.3, -0.25) is 19.4 Å². The van der Waals surface area contributed by atoms with Gasteiger partial charge in [0, 0.05) is 17.8 Å². The number of nitrogens with zero attached hydrogens (tertiary/aromatic N) is 1. The summed E-state index contributed by atoms with van der Waals surface area (Å²) in [6.45, 7) is 2.42. The number of benzene rings is 2. The molecule has 9 heteroatoms. The first kappa shape index (κ1) is 20.1. The number of carbonyl (C=O) groups excluding carboxylic acids is 2. The quantitative estimate of drug-likeness (QED) is 0.487. The molecule has 0 bridgehead atoms. The number of para-hydroxylation sites is 1. The predicted octanol–water partition coefficient (Wildman–Crippen LogP) is 2.98. The van der Waals surface area contributed by atoms with Crippen LogP contribution in [0.25, 0.3) is 0 Å². The van der Waals surface area contributed by atoms with E-state index < -0.39 is 17.4 Å². The van der Waals surface area contributed by atoms with Crippen LogP contribution in [0.1, 0.15) is 24.8 Å². The van der Waals surface area contributed by atoms with Gasteiger partial charge >= 0.3 is 0 Å². The second-order valence-corrected chi connectivity index (χ2v) is 6.92. The number of nitrogens with one attached hydrogen (secondary N) is 4. The largest absolute Gasteiger partial charge is 0.494 e. The first-order chi connectivity index (χ1) is 15.0. The lowest BCUT2D eigenvalue weighted by Gasteiger charge is -2.23. The van der Waals surface area contributed by atoms with Crippen LogP contribution in [0.3, 0.4) is 0 Å². The van der Waals surface area contributed by atoms with Crippen molar-refractivity contribution in [2.45, 2.75) is 19.3 Å². The SMILES string of the molecule is CCOc1ccc(NC(=O)C2CC(=O)Nc3nc(Nc4ccccc4)[nH]c(=O)c32)cc1. The predicted molar refractivity (Wildman–Crippen MR) is 117 cm³/mol. The number of anilines is 4. The number of hydrogen-bond acceptors (Lipinski definition) is 6. The third kappa shape index (κ3) is 4.55. The van der Waals surface area contributed by atoms with Gasteiger partial charge in [0.05, 0.1) is 18.1 Å². The average molecular weight is 419 g/mol. The maximum absolute atomic E-state index is 12.9. The molecule has 2 amide bonds. The van der Waals surface area contributed by atoms with Gasteiger partial charge in [0.15, 0.2) is 0 Å². The van der Waals surface area contributed by atoms with Crippen molar-refractivity contribution < 1.29 is 14.3 Å². The number of fused-ring (bicyclic) bond motifs is 1. The number of amides is 2. The third-order valence-corrected chi connectivity index (χ3v) is 4.74. The number of ether oxygens (including phenoxy) is 1. The van der Waals surface area contributed by atoms with Gasteiger partial charge in [-0.05, 0) is 43.3 Å². The van der Waals surface area contributed by atoms with Gasteiger partial charge in [-0.15, -0.1) is 0 Å². The van der Waals surface area contributed by atoms with Crippen LogP contribution in [0.5, 0.6) is 5.75 Å². The fraction of sp³-hybridized carbons (Fsp3) is 0.182. The Morgan fingerprint density at radius 1 is 1.10 bits per heavy atom. The Morgan fingerprint density at radius 3 is 2.55 bits per heavy atom. The molecular weight excluding hydrogens is 398 g/mol. The standard InChI is InChI=1S/C22H21N5O4/c1-2-31-15-10-8-14(9-11-15)23-20(29)16-12-17(28)25-19-18(16)21(30)27-22(26-19)24-13-6-4-3-5-7-13/h3-11,16H,2,12H2,1H3,(H,23,29)(H3,24,25,26,27,28,30). The van der Waals surface area contributed by atoms with Crippen molar-refractivity contribution in [3.8, 4) is 5.75 Å². The summed E-state index contributed by atoms with van der Waals surface area (Å²) < 4.78 is 5.39. The highest BCUT2D eigenvalue weighted by atomic mass is 16.5. The second-order valence-electron chi connectivity index (χ2n) is 6.92. The van der Waals surface area contributed by atoms with E-state index in [1.807, 2.05) is 37.3 Å². The average Bonchev–Trinajstić information content (AvgIpc) is 2.75. The molecule has 0 radical (unpaired) electrons. The monoisotopic (exact) mass is 419 g/mol. The maximum Gasteiger partial charge on any atom is 0.258 e. The molecular formula is C22H21N5O4. The molecule has 158 valence electrons. The number of carbonyl (C=O) groups is 2. The van der Waals surface area contributed by atoms with Gasteiger partial charge in [-0.2, -0.15) is 4.98 Å². The topological polar surface area (TPSA) is 125 Å². The molecule has 31 heavy (non-hydrogen) atoms. The Labute approximate surface area is 177 Å². The molecule has 1 aromatic heterocycles. The zero-order chi connectivity index (χ0) is 21.8. The second kappa shape index (κ2) is 8.70. The van der Waals surface area contributed by atoms with Crippen molar-refractivity contribution in [2.24, 2.45) is 0 Å². The zero-order valence-corrected chi connectivity index (χ0v) is 16.8. The summed E-state index contributed by atoms with van der Waals surface area (Å²) in [4.78, 5) is 44.8. The molecule has 0 aliphatic carbocycles. The smallest absolute Gasteiger partial charge is 0.258 e. The molecule has 1 unspecified atom stereocenters. The van der Waals surface area contributed by atoms with Gasteiger partial charge in [-0.1, -0.05) is 18.2 Å². The van der Waals surface area contributed by atoms with Gasteiger partial charge in [-0.25, -0.2) is 0 Å². The summed E-state index contributed by atoms with van der Waals surface area (Å²) in [7, 11) is 0. The van der Waals surface area contributed by atoms with E-state index in [-0.39, 0.29) is 29.7 Å². The van der Waals surface area contributed by atoms with Crippen LogP contribution in [0.2, 0.25) is 0 Å².